The number of rotatable bonds is 6. The van der Waals surface area contributed by atoms with Crippen molar-refractivity contribution in [3.8, 4) is 11.4 Å². The van der Waals surface area contributed by atoms with Crippen LogP contribution < -0.4 is 10.1 Å². The van der Waals surface area contributed by atoms with Crippen molar-refractivity contribution in [2.45, 2.75) is 39.9 Å². The van der Waals surface area contributed by atoms with Crippen molar-refractivity contribution in [1.29, 1.82) is 0 Å². The van der Waals surface area contributed by atoms with E-state index in [-0.39, 0.29) is 6.61 Å². The van der Waals surface area contributed by atoms with Crippen LogP contribution in [0.4, 0.5) is 10.5 Å². The second-order valence-corrected chi connectivity index (χ2v) is 9.41. The molecule has 3 aromatic carbocycles. The van der Waals surface area contributed by atoms with Gasteiger partial charge in [-0.15, -0.1) is 0 Å². The van der Waals surface area contributed by atoms with Crippen molar-refractivity contribution < 1.29 is 23.8 Å². The number of hydrogen-bond acceptors (Lipinski definition) is 5. The van der Waals surface area contributed by atoms with Crippen LogP contribution in [0.1, 0.15) is 42.4 Å². The van der Waals surface area contributed by atoms with Gasteiger partial charge in [-0.25, -0.2) is 9.59 Å². The van der Waals surface area contributed by atoms with Gasteiger partial charge in [-0.05, 0) is 57.5 Å². The molecule has 0 atom stereocenters. The Morgan fingerprint density at radius 2 is 1.67 bits per heavy atom. The van der Waals surface area contributed by atoms with Crippen LogP contribution in [0.25, 0.3) is 16.6 Å². The van der Waals surface area contributed by atoms with Crippen molar-refractivity contribution in [2.24, 2.45) is 0 Å². The Morgan fingerprint density at radius 1 is 0.944 bits per heavy atom. The van der Waals surface area contributed by atoms with E-state index in [0.717, 1.165) is 22.0 Å². The molecule has 1 N–H and O–H groups in total. The number of esters is 1. The van der Waals surface area contributed by atoms with E-state index < -0.39 is 17.7 Å². The molecule has 0 aliphatic heterocycles. The first-order valence-electron chi connectivity index (χ1n) is 11.7. The molecule has 186 valence electrons. The van der Waals surface area contributed by atoms with Gasteiger partial charge in [0, 0.05) is 10.9 Å². The average molecular weight is 487 g/mol. The lowest BCUT2D eigenvalue weighted by Gasteiger charge is -2.22. The number of para-hydroxylation sites is 3. The highest BCUT2D eigenvalue weighted by molar-refractivity contribution is 5.99. The lowest BCUT2D eigenvalue weighted by Crippen LogP contribution is -2.27. The first-order chi connectivity index (χ1) is 17.2. The molecule has 0 aliphatic carbocycles. The topological polar surface area (TPSA) is 78.8 Å². The maximum Gasteiger partial charge on any atom is 0.412 e. The number of methoxy groups -OCH3 is 1. The first kappa shape index (κ1) is 24.9. The molecule has 0 saturated heterocycles. The Morgan fingerprint density at radius 3 is 2.42 bits per heavy atom. The minimum absolute atomic E-state index is 0.0567. The second-order valence-electron chi connectivity index (χ2n) is 9.41. The molecule has 0 fully saturated rings. The van der Waals surface area contributed by atoms with Crippen LogP contribution in [0.3, 0.4) is 0 Å². The molecule has 0 spiro atoms. The van der Waals surface area contributed by atoms with Crippen molar-refractivity contribution in [3.63, 3.8) is 0 Å². The fourth-order valence-electron chi connectivity index (χ4n) is 4.06. The van der Waals surface area contributed by atoms with E-state index >= 15 is 0 Å². The highest BCUT2D eigenvalue weighted by atomic mass is 16.6. The number of hydrogen-bond donors (Lipinski definition) is 1. The Balaban J connectivity index is 1.76. The second kappa shape index (κ2) is 10.2. The van der Waals surface area contributed by atoms with Gasteiger partial charge in [0.05, 0.1) is 24.0 Å². The largest absolute Gasteiger partial charge is 0.496 e. The molecular formula is C29H30N2O5. The zero-order valence-corrected chi connectivity index (χ0v) is 21.1. The molecule has 4 aromatic rings. The molecule has 0 saturated carbocycles. The number of fused-ring (bicyclic) bond motifs is 1. The SMILES string of the molecule is COc1ccccc1COC(=O)c1cc2ccccc2n1-c1c(C)cccc1NC(=O)OC(C)(C)C. The van der Waals surface area contributed by atoms with Gasteiger partial charge in [0.2, 0.25) is 0 Å². The lowest BCUT2D eigenvalue weighted by atomic mass is 10.1. The smallest absolute Gasteiger partial charge is 0.412 e. The van der Waals surface area contributed by atoms with E-state index in [0.29, 0.717) is 22.8 Å². The standard InChI is InChI=1S/C29H30N2O5/c1-19-11-10-14-22(30-28(33)36-29(2,3)4)26(19)31-23-15-8-6-12-20(23)17-24(31)27(32)35-18-21-13-7-9-16-25(21)34-5/h6-17H,18H2,1-5H3,(H,30,33). The fraction of sp³-hybridized carbons (Fsp3) is 0.241. The summed E-state index contributed by atoms with van der Waals surface area (Å²) in [7, 11) is 1.58. The number of amides is 1. The number of aromatic nitrogens is 1. The number of ether oxygens (including phenoxy) is 3. The number of carbonyl (C=O) groups is 2. The molecule has 0 aliphatic rings. The van der Waals surface area contributed by atoms with Crippen LogP contribution in [0.15, 0.2) is 72.8 Å². The predicted molar refractivity (Wildman–Crippen MR) is 140 cm³/mol. The van der Waals surface area contributed by atoms with Crippen molar-refractivity contribution in [3.05, 3.63) is 89.6 Å². The Bertz CT molecular complexity index is 1410. The van der Waals surface area contributed by atoms with Gasteiger partial charge >= 0.3 is 12.1 Å². The monoisotopic (exact) mass is 486 g/mol. The highest BCUT2D eigenvalue weighted by Crippen LogP contribution is 2.32. The molecule has 7 heteroatoms. The summed E-state index contributed by atoms with van der Waals surface area (Å²) in [4.78, 5) is 26.0. The van der Waals surface area contributed by atoms with Crippen LogP contribution in [0.5, 0.6) is 5.75 Å². The van der Waals surface area contributed by atoms with Gasteiger partial charge in [0.15, 0.2) is 0 Å². The third-order valence-electron chi connectivity index (χ3n) is 5.57. The number of carbonyl (C=O) groups excluding carboxylic acids is 2. The van der Waals surface area contributed by atoms with E-state index in [1.54, 1.807) is 40.0 Å². The first-order valence-corrected chi connectivity index (χ1v) is 11.7. The summed E-state index contributed by atoms with van der Waals surface area (Å²) >= 11 is 0. The zero-order valence-electron chi connectivity index (χ0n) is 21.1. The molecule has 4 rings (SSSR count). The molecule has 0 bridgehead atoms. The number of benzene rings is 3. The van der Waals surface area contributed by atoms with Gasteiger partial charge < -0.3 is 18.8 Å². The van der Waals surface area contributed by atoms with E-state index in [4.69, 9.17) is 14.2 Å². The summed E-state index contributed by atoms with van der Waals surface area (Å²) in [5, 5.41) is 3.72. The van der Waals surface area contributed by atoms with Crippen molar-refractivity contribution in [1.82, 2.24) is 4.57 Å². The highest BCUT2D eigenvalue weighted by Gasteiger charge is 2.23. The van der Waals surface area contributed by atoms with Crippen molar-refractivity contribution >= 4 is 28.7 Å². The molecule has 0 unspecified atom stereocenters. The van der Waals surface area contributed by atoms with E-state index in [1.807, 2.05) is 72.2 Å². The summed E-state index contributed by atoms with van der Waals surface area (Å²) in [5.41, 5.74) is 3.30. The van der Waals surface area contributed by atoms with Crippen LogP contribution in [0.2, 0.25) is 0 Å². The fourth-order valence-corrected chi connectivity index (χ4v) is 4.06. The summed E-state index contributed by atoms with van der Waals surface area (Å²) in [6, 6.07) is 22.4. The summed E-state index contributed by atoms with van der Waals surface area (Å²) in [6.45, 7) is 7.40. The summed E-state index contributed by atoms with van der Waals surface area (Å²) in [6.07, 6.45) is -0.578. The summed E-state index contributed by atoms with van der Waals surface area (Å²) in [5.74, 6) is 0.150. The number of nitrogens with zero attached hydrogens (tertiary/aromatic N) is 1. The molecule has 1 aromatic heterocycles. The summed E-state index contributed by atoms with van der Waals surface area (Å²) < 4.78 is 18.4. The maximum atomic E-state index is 13.4. The maximum absolute atomic E-state index is 13.4. The number of nitrogens with one attached hydrogen (secondary N) is 1. The number of aryl methyl sites for hydroxylation is 1. The molecular weight excluding hydrogens is 456 g/mol. The Hall–Kier alpha value is -4.26. The van der Waals surface area contributed by atoms with Gasteiger partial charge in [0.25, 0.3) is 0 Å². The molecule has 0 radical (unpaired) electrons. The minimum atomic E-state index is -0.651. The van der Waals surface area contributed by atoms with Crippen LogP contribution in [0, 0.1) is 6.92 Å². The molecule has 36 heavy (non-hydrogen) atoms. The van der Waals surface area contributed by atoms with Gasteiger partial charge in [-0.1, -0.05) is 48.5 Å². The van der Waals surface area contributed by atoms with E-state index in [1.165, 1.54) is 0 Å². The third kappa shape index (κ3) is 5.35. The van der Waals surface area contributed by atoms with Gasteiger partial charge in [0.1, 0.15) is 23.7 Å². The predicted octanol–water partition coefficient (Wildman–Crippen LogP) is 6.65. The number of anilines is 1. The lowest BCUT2D eigenvalue weighted by molar-refractivity contribution is 0.0461. The average Bonchev–Trinajstić information content (AvgIpc) is 3.21. The quantitative estimate of drug-likeness (QED) is 0.309. The Kier molecular flexibility index (Phi) is 7.01. The normalized spacial score (nSPS) is 11.2. The molecule has 1 amide bonds. The molecule has 1 heterocycles. The minimum Gasteiger partial charge on any atom is -0.496 e. The van der Waals surface area contributed by atoms with Crippen LogP contribution in [-0.2, 0) is 16.1 Å². The molecule has 7 nitrogen and oxygen atoms in total. The third-order valence-corrected chi connectivity index (χ3v) is 5.57. The zero-order chi connectivity index (χ0) is 25.9. The van der Waals surface area contributed by atoms with E-state index in [2.05, 4.69) is 5.32 Å². The van der Waals surface area contributed by atoms with Gasteiger partial charge in [-0.2, -0.15) is 0 Å². The Labute approximate surface area is 210 Å². The van der Waals surface area contributed by atoms with Crippen LogP contribution >= 0.6 is 0 Å². The van der Waals surface area contributed by atoms with E-state index in [9.17, 15) is 9.59 Å². The van der Waals surface area contributed by atoms with Gasteiger partial charge in [-0.3, -0.25) is 5.32 Å². The van der Waals surface area contributed by atoms with Crippen LogP contribution in [-0.4, -0.2) is 29.3 Å². The van der Waals surface area contributed by atoms with Crippen molar-refractivity contribution in [2.75, 3.05) is 12.4 Å².